The molecule has 0 rings (SSSR count). The molecule has 0 saturated carbocycles. The molecule has 0 amide bonds. The van der Waals surface area contributed by atoms with E-state index in [0.717, 1.165) is 0 Å². The van der Waals surface area contributed by atoms with Crippen LogP contribution in [-0.2, 0) is 0 Å². The van der Waals surface area contributed by atoms with Crippen molar-refractivity contribution in [3.05, 3.63) is 10.1 Å². The molecule has 5 nitrogen and oxygen atoms in total. The van der Waals surface area contributed by atoms with Crippen molar-refractivity contribution in [1.82, 2.24) is 0 Å². The fourth-order valence-electron chi connectivity index (χ4n) is 0.0422. The van der Waals surface area contributed by atoms with Crippen molar-refractivity contribution < 1.29 is 10.1 Å². The predicted molar refractivity (Wildman–Crippen MR) is 17.3 cm³/mol. The monoisotopic (exact) mass is 90.0 g/mol. The van der Waals surface area contributed by atoms with Gasteiger partial charge in [0.25, 0.3) is 0 Å². The number of rotatable bonds is 1. The molecule has 0 unspecified atom stereocenters. The van der Waals surface area contributed by atoms with Crippen LogP contribution in [0.2, 0.25) is 0 Å². The molecule has 0 bridgehead atoms. The smallest absolute Gasteiger partial charge is 0.358 e. The van der Waals surface area contributed by atoms with E-state index >= 15 is 0 Å². The Bertz CT molecular complexity index is 76.9. The van der Waals surface area contributed by atoms with Gasteiger partial charge in [0.15, 0.2) is 0 Å². The van der Waals surface area contributed by atoms with Gasteiger partial charge in [0.05, 0.1) is 0 Å². The van der Waals surface area contributed by atoms with E-state index in [1.54, 1.807) is 0 Å². The van der Waals surface area contributed by atoms with Crippen molar-refractivity contribution in [3.8, 4) is 0 Å². The molecule has 0 atom stereocenters. The molecule has 0 aromatic carbocycles. The van der Waals surface area contributed by atoms with Crippen LogP contribution in [0, 0.1) is 10.1 Å². The maximum Gasteiger partial charge on any atom is 0.373 e. The number of nitrogens with zero attached hydrogens (tertiary/aromatic N) is 2. The molecule has 0 saturated heterocycles. The van der Waals surface area contributed by atoms with Gasteiger partial charge in [0.2, 0.25) is 0 Å². The molecule has 0 radical (unpaired) electrons. The van der Waals surface area contributed by atoms with E-state index in [0.29, 0.717) is 0 Å². The van der Waals surface area contributed by atoms with Gasteiger partial charge < -0.3 is 15.3 Å². The Hall–Kier alpha value is -1.13. The van der Waals surface area contributed by atoms with Crippen LogP contribution in [0.15, 0.2) is 5.16 Å². The molecular weight excluding hydrogens is 88.0 g/mol. The van der Waals surface area contributed by atoms with Crippen molar-refractivity contribution in [2.45, 2.75) is 0 Å². The highest BCUT2D eigenvalue weighted by Crippen LogP contribution is 1.53. The van der Waals surface area contributed by atoms with E-state index in [1.807, 2.05) is 0 Å². The van der Waals surface area contributed by atoms with E-state index < -0.39 is 4.92 Å². The lowest BCUT2D eigenvalue weighted by molar-refractivity contribution is -0.340. The van der Waals surface area contributed by atoms with Gasteiger partial charge in [-0.05, 0) is 4.92 Å². The second-order valence-electron chi connectivity index (χ2n) is 0.516. The average molecular weight is 90.0 g/mol. The van der Waals surface area contributed by atoms with Gasteiger partial charge in [-0.1, -0.05) is 0 Å². The van der Waals surface area contributed by atoms with Crippen molar-refractivity contribution in [2.75, 3.05) is 0 Å². The summed E-state index contributed by atoms with van der Waals surface area (Å²) in [7, 11) is 0. The Labute approximate surface area is 33.0 Å². The number of oxime groups is 1. The second kappa shape index (κ2) is 2.13. The van der Waals surface area contributed by atoms with Crippen molar-refractivity contribution in [3.63, 3.8) is 0 Å². The van der Waals surface area contributed by atoms with Crippen LogP contribution in [-0.4, -0.2) is 16.5 Å². The lowest BCUT2D eigenvalue weighted by Crippen LogP contribution is -1.90. The van der Waals surface area contributed by atoms with Crippen LogP contribution in [0.3, 0.4) is 0 Å². The zero-order valence-electron chi connectivity index (χ0n) is 2.74. The van der Waals surface area contributed by atoms with E-state index in [9.17, 15) is 0 Å². The molecular formula is CH2N2O3. The van der Waals surface area contributed by atoms with Crippen LogP contribution in [0.5, 0.6) is 0 Å². The summed E-state index contributed by atoms with van der Waals surface area (Å²) in [5.74, 6) is 0. The summed E-state index contributed by atoms with van der Waals surface area (Å²) in [6, 6.07) is 0. The van der Waals surface area contributed by atoms with E-state index in [-0.39, 0.29) is 6.34 Å². The van der Waals surface area contributed by atoms with Gasteiger partial charge in [0.1, 0.15) is 5.16 Å². The van der Waals surface area contributed by atoms with Crippen LogP contribution in [0.4, 0.5) is 0 Å². The number of nitro groups is 1. The SMILES string of the molecule is O=[N+]([O-])/C=N\O. The van der Waals surface area contributed by atoms with Crippen LogP contribution >= 0.6 is 0 Å². The number of hydrogen-bond donors (Lipinski definition) is 1. The zero-order chi connectivity index (χ0) is 4.99. The standard InChI is InChI=1S/CH2N2O3/c4-2-1-3(5)6/h1,4H/b2-1-. The maximum atomic E-state index is 9.10. The third-order valence-electron chi connectivity index (χ3n) is 0.146. The van der Waals surface area contributed by atoms with E-state index in [2.05, 4.69) is 5.16 Å². The first-order valence-electron chi connectivity index (χ1n) is 1.08. The third kappa shape index (κ3) is 2.87. The average Bonchev–Trinajstić information content (AvgIpc) is 1.35. The summed E-state index contributed by atoms with van der Waals surface area (Å²) >= 11 is 0. The molecule has 0 aromatic heterocycles. The maximum absolute atomic E-state index is 9.10. The quantitative estimate of drug-likeness (QED) is 0.157. The summed E-state index contributed by atoms with van der Waals surface area (Å²) in [4.78, 5) is 8.23. The largest absolute Gasteiger partial charge is 0.373 e. The van der Waals surface area contributed by atoms with Crippen LogP contribution in [0.25, 0.3) is 0 Å². The first-order valence-corrected chi connectivity index (χ1v) is 1.08. The fourth-order valence-corrected chi connectivity index (χ4v) is 0.0422. The van der Waals surface area contributed by atoms with Gasteiger partial charge >= 0.3 is 6.34 Å². The molecule has 0 aliphatic heterocycles. The highest BCUT2D eigenvalue weighted by Gasteiger charge is 1.76. The summed E-state index contributed by atoms with van der Waals surface area (Å²) in [6.45, 7) is 0. The molecule has 6 heavy (non-hydrogen) atoms. The zero-order valence-corrected chi connectivity index (χ0v) is 2.74. The first kappa shape index (κ1) is 4.87. The molecule has 0 fully saturated rings. The lowest BCUT2D eigenvalue weighted by Gasteiger charge is -1.72. The predicted octanol–water partition coefficient (Wildman–Crippen LogP) is -0.319. The van der Waals surface area contributed by atoms with Gasteiger partial charge in [-0.25, -0.2) is 0 Å². The first-order chi connectivity index (χ1) is 2.77. The Morgan fingerprint density at radius 3 is 2.50 bits per heavy atom. The summed E-state index contributed by atoms with van der Waals surface area (Å²) in [5, 5.41) is 18.6. The van der Waals surface area contributed by atoms with Crippen molar-refractivity contribution in [2.24, 2.45) is 5.16 Å². The summed E-state index contributed by atoms with van der Waals surface area (Å²) in [5.41, 5.74) is 0. The molecule has 0 aliphatic rings. The Kier molecular flexibility index (Phi) is 1.73. The van der Waals surface area contributed by atoms with Gasteiger partial charge in [-0.3, -0.25) is 0 Å². The molecule has 5 heteroatoms. The Balaban J connectivity index is 3.30. The lowest BCUT2D eigenvalue weighted by atomic mass is 11.4. The van der Waals surface area contributed by atoms with E-state index in [4.69, 9.17) is 15.3 Å². The molecule has 0 spiro atoms. The highest BCUT2D eigenvalue weighted by atomic mass is 16.6. The van der Waals surface area contributed by atoms with Crippen LogP contribution < -0.4 is 0 Å². The van der Waals surface area contributed by atoms with Gasteiger partial charge in [-0.15, -0.1) is 0 Å². The topological polar surface area (TPSA) is 75.7 Å². The minimum atomic E-state index is -0.861. The summed E-state index contributed by atoms with van der Waals surface area (Å²) in [6.07, 6.45) is 0.194. The normalized spacial score (nSPS) is 9.33. The minimum absolute atomic E-state index is 0.194. The molecule has 0 heterocycles. The number of hydrogen-bond acceptors (Lipinski definition) is 4. The molecule has 1 N–H and O–H groups in total. The summed E-state index contributed by atoms with van der Waals surface area (Å²) < 4.78 is 0. The highest BCUT2D eigenvalue weighted by molar-refractivity contribution is 5.41. The minimum Gasteiger partial charge on any atom is -0.358 e. The molecule has 0 aromatic rings. The third-order valence-corrected chi connectivity index (χ3v) is 0.146. The Morgan fingerprint density at radius 1 is 2.00 bits per heavy atom. The van der Waals surface area contributed by atoms with Crippen LogP contribution in [0.1, 0.15) is 0 Å². The van der Waals surface area contributed by atoms with Crippen molar-refractivity contribution >= 4 is 6.34 Å². The van der Waals surface area contributed by atoms with Gasteiger partial charge in [-0.2, -0.15) is 0 Å². The van der Waals surface area contributed by atoms with Gasteiger partial charge in [0, 0.05) is 0 Å². The second-order valence-corrected chi connectivity index (χ2v) is 0.516. The molecule has 34 valence electrons. The Morgan fingerprint density at radius 2 is 2.50 bits per heavy atom. The molecule has 0 aliphatic carbocycles. The van der Waals surface area contributed by atoms with Crippen molar-refractivity contribution in [1.29, 1.82) is 0 Å². The van der Waals surface area contributed by atoms with E-state index in [1.165, 1.54) is 0 Å². The fraction of sp³-hybridized carbons (Fsp3) is 0.